The Morgan fingerprint density at radius 3 is 0.880 bits per heavy atom. The monoisotopic (exact) mass is 1760 g/mol. The van der Waals surface area contributed by atoms with Crippen LogP contribution in [0.15, 0.2) is 97.2 Å². The van der Waals surface area contributed by atoms with Crippen LogP contribution in [0, 0.1) is 0 Å². The van der Waals surface area contributed by atoms with E-state index in [1.54, 1.807) is 7.11 Å². The first-order chi connectivity index (χ1) is 61.3. The minimum Gasteiger partial charge on any atom is -0.464 e. The number of carbonyl (C=O) groups excluding carboxylic acids is 9. The summed E-state index contributed by atoms with van der Waals surface area (Å²) in [5, 5.41) is 8.75. The third kappa shape index (κ3) is 87.5. The molecule has 0 aromatic carbocycles. The molecule has 1 atom stereocenters. The maximum absolute atomic E-state index is 13.9. The first-order valence-corrected chi connectivity index (χ1v) is 50.2. The number of methoxy groups -OCH3 is 1. The topological polar surface area (TPSA) is 261 Å². The van der Waals surface area contributed by atoms with Gasteiger partial charge in [-0.05, 0) is 193 Å². The van der Waals surface area contributed by atoms with Gasteiger partial charge in [0.25, 0.3) is 0 Å². The van der Waals surface area contributed by atoms with Crippen LogP contribution >= 0.6 is 0 Å². The maximum atomic E-state index is 13.9. The highest BCUT2D eigenvalue weighted by atomic mass is 16.6. The van der Waals surface area contributed by atoms with Gasteiger partial charge in [-0.1, -0.05) is 253 Å². The molecule has 0 fully saturated rings. The lowest BCUT2D eigenvalue weighted by Crippen LogP contribution is -2.47. The van der Waals surface area contributed by atoms with Gasteiger partial charge in [0, 0.05) is 78.2 Å². The number of ether oxygens (including phenoxy) is 7. The van der Waals surface area contributed by atoms with E-state index >= 15 is 0 Å². The zero-order valence-electron chi connectivity index (χ0n) is 79.9. The van der Waals surface area contributed by atoms with E-state index in [2.05, 4.69) is 141 Å². The lowest BCUT2D eigenvalue weighted by molar-refractivity contribution is -0.148. The van der Waals surface area contributed by atoms with E-state index in [0.717, 1.165) is 193 Å². The first kappa shape index (κ1) is 118. The summed E-state index contributed by atoms with van der Waals surface area (Å²) in [6, 6.07) is -0.910. The fourth-order valence-electron chi connectivity index (χ4n) is 13.8. The molecule has 21 heteroatoms. The van der Waals surface area contributed by atoms with Crippen LogP contribution in [0.4, 0.5) is 0 Å². The summed E-state index contributed by atoms with van der Waals surface area (Å²) < 4.78 is 38.6. The van der Waals surface area contributed by atoms with Gasteiger partial charge >= 0.3 is 23.9 Å². The number of nitrogens with zero attached hydrogens (tertiary/aromatic N) is 2. The third-order valence-electron chi connectivity index (χ3n) is 21.6. The van der Waals surface area contributed by atoms with Crippen molar-refractivity contribution in [2.45, 2.75) is 406 Å². The van der Waals surface area contributed by atoms with Gasteiger partial charge in [-0.3, -0.25) is 43.2 Å². The van der Waals surface area contributed by atoms with Crippen molar-refractivity contribution in [3.63, 3.8) is 0 Å². The van der Waals surface area contributed by atoms with Crippen molar-refractivity contribution in [3.8, 4) is 0 Å². The molecular weight excluding hydrogens is 1580 g/mol. The summed E-state index contributed by atoms with van der Waals surface area (Å²) in [6.07, 6.45) is 86.8. The van der Waals surface area contributed by atoms with E-state index < -0.39 is 11.9 Å². The van der Waals surface area contributed by atoms with E-state index in [1.807, 2.05) is 0 Å². The second-order valence-electron chi connectivity index (χ2n) is 33.1. The molecule has 5 amide bonds. The fourth-order valence-corrected chi connectivity index (χ4v) is 13.8. The average molecular weight is 1760 g/mol. The Bertz CT molecular complexity index is 2710. The van der Waals surface area contributed by atoms with Gasteiger partial charge < -0.3 is 58.9 Å². The second-order valence-corrected chi connectivity index (χ2v) is 33.1. The van der Waals surface area contributed by atoms with Crippen LogP contribution in [0.25, 0.3) is 0 Å². The van der Waals surface area contributed by atoms with Crippen LogP contribution in [0.1, 0.15) is 400 Å². The van der Waals surface area contributed by atoms with Crippen molar-refractivity contribution >= 4 is 53.4 Å². The van der Waals surface area contributed by atoms with Gasteiger partial charge in [-0.2, -0.15) is 0 Å². The number of nitrogens with one attached hydrogen (secondary N) is 3. The predicted molar refractivity (Wildman–Crippen MR) is 512 cm³/mol. The van der Waals surface area contributed by atoms with Crippen molar-refractivity contribution in [1.29, 1.82) is 0 Å². The molecule has 0 aliphatic rings. The SMILES string of the molecule is CCCCC/C=C\C/C=C\CCCCCCCC(=O)OCCN(CCOC(=O)CCCCCCC/C=C\C/C=C\CCCCC)C(=O)CCCC(=O)NCCCC[C@H](NC(=O)CCCC(=O)N(CCOC(=O)CCCCCCC/C=C\C/C=C\CCCCC)CCOC(=O)CCCCCCC/C=C\C/C=C\CCCCC)C(=O)NCCCOCCOCCOC. The number of amides is 5. The summed E-state index contributed by atoms with van der Waals surface area (Å²) in [5.41, 5.74) is 0. The summed E-state index contributed by atoms with van der Waals surface area (Å²) in [5.74, 6) is -2.87. The largest absolute Gasteiger partial charge is 0.464 e. The van der Waals surface area contributed by atoms with Gasteiger partial charge in [0.05, 0.1) is 52.6 Å². The molecule has 718 valence electrons. The van der Waals surface area contributed by atoms with Gasteiger partial charge in [-0.25, -0.2) is 0 Å². The number of carbonyl (C=O) groups is 9. The van der Waals surface area contributed by atoms with Crippen LogP contribution in [0.5, 0.6) is 0 Å². The van der Waals surface area contributed by atoms with Crippen LogP contribution in [0.2, 0.25) is 0 Å². The quantitative estimate of drug-likeness (QED) is 0.0221. The highest BCUT2D eigenvalue weighted by Crippen LogP contribution is 2.17. The number of allylic oxidation sites excluding steroid dienone is 16. The second kappa shape index (κ2) is 96.1. The Labute approximate surface area is 760 Å². The predicted octanol–water partition coefficient (Wildman–Crippen LogP) is 23.4. The van der Waals surface area contributed by atoms with Crippen molar-refractivity contribution in [1.82, 2.24) is 25.8 Å². The molecule has 0 heterocycles. The van der Waals surface area contributed by atoms with Gasteiger partial charge in [-0.15, -0.1) is 0 Å². The molecular formula is C104H181N5O16. The summed E-state index contributed by atoms with van der Waals surface area (Å²) in [6.45, 7) is 12.0. The molecule has 0 bridgehead atoms. The maximum Gasteiger partial charge on any atom is 0.305 e. The number of rotatable bonds is 93. The molecule has 0 saturated heterocycles. The highest BCUT2D eigenvalue weighted by Gasteiger charge is 2.23. The van der Waals surface area contributed by atoms with Crippen molar-refractivity contribution in [2.24, 2.45) is 0 Å². The van der Waals surface area contributed by atoms with E-state index in [9.17, 15) is 43.2 Å². The molecule has 0 aliphatic carbocycles. The Kier molecular flexibility index (Phi) is 90.8. The van der Waals surface area contributed by atoms with E-state index in [-0.39, 0.29) is 158 Å². The van der Waals surface area contributed by atoms with Crippen molar-refractivity contribution in [2.75, 3.05) is 106 Å². The first-order valence-electron chi connectivity index (χ1n) is 50.2. The van der Waals surface area contributed by atoms with Crippen LogP contribution in [-0.2, 0) is 76.3 Å². The van der Waals surface area contributed by atoms with Gasteiger partial charge in [0.15, 0.2) is 0 Å². The zero-order valence-corrected chi connectivity index (χ0v) is 79.9. The molecule has 0 saturated carbocycles. The van der Waals surface area contributed by atoms with E-state index in [4.69, 9.17) is 33.2 Å². The van der Waals surface area contributed by atoms with Crippen molar-refractivity contribution in [3.05, 3.63) is 97.2 Å². The number of unbranched alkanes of at least 4 members (excludes halogenated alkanes) is 33. The molecule has 125 heavy (non-hydrogen) atoms. The van der Waals surface area contributed by atoms with Gasteiger partial charge in [0.2, 0.25) is 29.5 Å². The van der Waals surface area contributed by atoms with Crippen molar-refractivity contribution < 1.29 is 76.3 Å². The summed E-state index contributed by atoms with van der Waals surface area (Å²) >= 11 is 0. The van der Waals surface area contributed by atoms with E-state index in [1.165, 1.54) is 86.8 Å². The molecule has 3 N–H and O–H groups in total. The minimum absolute atomic E-state index is 0.00104. The molecule has 0 radical (unpaired) electrons. The Hall–Kier alpha value is -6.97. The Morgan fingerprint density at radius 1 is 0.264 bits per heavy atom. The normalized spacial score (nSPS) is 12.1. The zero-order chi connectivity index (χ0) is 90.9. The minimum atomic E-state index is -0.910. The fraction of sp³-hybridized carbons (Fsp3) is 0.760. The average Bonchev–Trinajstić information content (AvgIpc) is 0.921. The summed E-state index contributed by atoms with van der Waals surface area (Å²) in [4.78, 5) is 123. The lowest BCUT2D eigenvalue weighted by Gasteiger charge is -2.23. The van der Waals surface area contributed by atoms with Gasteiger partial charge in [0.1, 0.15) is 32.5 Å². The lowest BCUT2D eigenvalue weighted by atomic mass is 10.1. The van der Waals surface area contributed by atoms with Crippen LogP contribution in [-0.4, -0.2) is 175 Å². The Balaban J connectivity index is 5.74. The van der Waals surface area contributed by atoms with Crippen LogP contribution in [0.3, 0.4) is 0 Å². The third-order valence-corrected chi connectivity index (χ3v) is 21.6. The van der Waals surface area contributed by atoms with E-state index in [0.29, 0.717) is 91.1 Å². The standard InChI is InChI=1S/C104H181N5O16/c1-6-10-14-18-22-26-30-34-38-42-46-50-54-58-62-76-100(114)122-87-82-108(83-88-123-101(115)77-63-59-55-51-47-43-39-35-31-27-23-19-15-11-7-2)98(112)74-68-72-96(110)105-80-67-66-71-95(104(118)106-81-70-86-120-93-94-121-92-91-119-5)107-97(111)73-69-75-99(113)109(84-89-124-102(116)78-64-60-56-52-48-44-40-36-32-28-24-20-16-12-8-3)85-90-125-103(117)79-65-61-57-53-49-45-41-37-33-29-25-21-17-13-9-4/h22-29,34-41,95H,6-21,30-33,42-94H2,1-5H3,(H,105,110)(H,106,118)(H,107,111)/b26-22-,27-23-,28-24-,29-25-,38-34-,39-35-,40-36-,41-37-/t95-/m0/s1. The molecule has 21 nitrogen and oxygen atoms in total. The van der Waals surface area contributed by atoms with Crippen LogP contribution < -0.4 is 16.0 Å². The smallest absolute Gasteiger partial charge is 0.305 e. The highest BCUT2D eigenvalue weighted by molar-refractivity contribution is 5.88. The number of esters is 4. The number of hydrogen-bond acceptors (Lipinski definition) is 16. The molecule has 0 spiro atoms. The molecule has 0 aliphatic heterocycles. The molecule has 0 aromatic rings. The Morgan fingerprint density at radius 2 is 0.552 bits per heavy atom. The molecule has 0 rings (SSSR count). The molecule has 0 unspecified atom stereocenters. The summed E-state index contributed by atoms with van der Waals surface area (Å²) in [7, 11) is 1.61. The number of hydrogen-bond donors (Lipinski definition) is 3. The molecule has 0 aromatic heterocycles.